The minimum atomic E-state index is -1.20. The minimum absolute atomic E-state index is 0. The van der Waals surface area contributed by atoms with Crippen molar-refractivity contribution in [1.82, 2.24) is 10.2 Å². The molecule has 0 unspecified atom stereocenters. The van der Waals surface area contributed by atoms with Gasteiger partial charge in [-0.2, -0.15) is 0 Å². The van der Waals surface area contributed by atoms with Crippen LogP contribution < -0.4 is 10.1 Å². The second-order valence-electron chi connectivity index (χ2n) is 8.12. The molecule has 0 heterocycles. The van der Waals surface area contributed by atoms with Gasteiger partial charge < -0.3 is 15.2 Å². The number of nitrogens with zero attached hydrogens (tertiary/aromatic N) is 1. The maximum absolute atomic E-state index is 12.1. The Hall–Kier alpha value is -2.05. The third-order valence-corrected chi connectivity index (χ3v) is 5.48. The van der Waals surface area contributed by atoms with Gasteiger partial charge in [0, 0.05) is 18.5 Å². The molecule has 0 radical (unpaired) electrons. The molecule has 0 fully saturated rings. The fourth-order valence-corrected chi connectivity index (χ4v) is 3.25. The molecule has 1 aromatic carbocycles. The van der Waals surface area contributed by atoms with E-state index in [1.165, 1.54) is 7.11 Å². The average molecular weight is 455 g/mol. The molecular weight excluding hydrogens is 416 g/mol. The fraction of sp³-hybridized carbons (Fsp3) is 0.583. The second kappa shape index (κ2) is 14.1. The summed E-state index contributed by atoms with van der Waals surface area (Å²) >= 11 is 0. The Bertz CT molecular complexity index is 736. The Morgan fingerprint density at radius 2 is 1.97 bits per heavy atom. The van der Waals surface area contributed by atoms with Crippen molar-refractivity contribution in [2.45, 2.75) is 65.5 Å². The number of carboxylic acid groups (broad SMARTS) is 1. The van der Waals surface area contributed by atoms with Gasteiger partial charge in [0.05, 0.1) is 7.11 Å². The summed E-state index contributed by atoms with van der Waals surface area (Å²) in [5.74, 6) is 0.151. The zero-order valence-corrected chi connectivity index (χ0v) is 20.6. The first-order chi connectivity index (χ1) is 14.2. The lowest BCUT2D eigenvalue weighted by atomic mass is 9.88. The molecule has 1 aromatic rings. The van der Waals surface area contributed by atoms with Crippen molar-refractivity contribution in [3.8, 4) is 5.75 Å². The summed E-state index contributed by atoms with van der Waals surface area (Å²) in [7, 11) is 3.31. The van der Waals surface area contributed by atoms with Gasteiger partial charge in [-0.25, -0.2) is 4.79 Å². The lowest BCUT2D eigenvalue weighted by Crippen LogP contribution is -2.47. The summed E-state index contributed by atoms with van der Waals surface area (Å²) < 4.78 is 5.49. The van der Waals surface area contributed by atoms with Crippen molar-refractivity contribution in [2.75, 3.05) is 20.7 Å². The van der Waals surface area contributed by atoms with Gasteiger partial charge in [0.2, 0.25) is 5.91 Å². The molecule has 0 saturated carbocycles. The number of unbranched alkanes of at least 4 members (excludes halogenated alkanes) is 2. The largest absolute Gasteiger partial charge is 0.496 e. The molecule has 0 spiro atoms. The van der Waals surface area contributed by atoms with Crippen LogP contribution in [0.15, 0.2) is 30.4 Å². The molecule has 6 nitrogen and oxygen atoms in total. The summed E-state index contributed by atoms with van der Waals surface area (Å²) in [4.78, 5) is 25.9. The number of benzene rings is 1. The molecule has 1 atom stereocenters. The van der Waals surface area contributed by atoms with Gasteiger partial charge in [-0.05, 0) is 57.3 Å². The minimum Gasteiger partial charge on any atom is -0.496 e. The van der Waals surface area contributed by atoms with Crippen LogP contribution in [0.1, 0.15) is 64.5 Å². The number of methoxy groups -OCH3 is 1. The Kier molecular flexibility index (Phi) is 13.2. The van der Waals surface area contributed by atoms with E-state index >= 15 is 0 Å². The number of amides is 1. The SMILES string of the molecule is CCN(C)[C@@](C)(C(=O)O)c1ccc(CNC(=O)CCCC/C=C/C(C)C)cc1OC.Cl. The number of ether oxygens (including phenoxy) is 1. The highest BCUT2D eigenvalue weighted by atomic mass is 35.5. The molecule has 0 aromatic heterocycles. The van der Waals surface area contributed by atoms with Gasteiger partial charge in [0.15, 0.2) is 0 Å². The highest BCUT2D eigenvalue weighted by molar-refractivity contribution is 5.85. The number of nitrogens with one attached hydrogen (secondary N) is 1. The molecule has 0 bridgehead atoms. The van der Waals surface area contributed by atoms with E-state index < -0.39 is 11.5 Å². The average Bonchev–Trinajstić information content (AvgIpc) is 2.72. The Labute approximate surface area is 193 Å². The molecule has 176 valence electrons. The van der Waals surface area contributed by atoms with E-state index in [0.717, 1.165) is 24.8 Å². The molecule has 2 N–H and O–H groups in total. The molecule has 0 saturated heterocycles. The molecule has 0 aliphatic carbocycles. The van der Waals surface area contributed by atoms with Gasteiger partial charge in [-0.15, -0.1) is 12.4 Å². The van der Waals surface area contributed by atoms with Crippen molar-refractivity contribution in [3.05, 3.63) is 41.5 Å². The number of rotatable bonds is 13. The smallest absolute Gasteiger partial charge is 0.328 e. The van der Waals surface area contributed by atoms with E-state index in [-0.39, 0.29) is 18.3 Å². The topological polar surface area (TPSA) is 78.9 Å². The highest BCUT2D eigenvalue weighted by Gasteiger charge is 2.41. The molecule has 31 heavy (non-hydrogen) atoms. The van der Waals surface area contributed by atoms with E-state index in [4.69, 9.17) is 4.74 Å². The number of halogens is 1. The summed E-state index contributed by atoms with van der Waals surface area (Å²) in [6.45, 7) is 8.85. The number of hydrogen-bond donors (Lipinski definition) is 2. The van der Waals surface area contributed by atoms with Gasteiger partial charge in [-0.1, -0.05) is 45.1 Å². The number of carboxylic acids is 1. The second-order valence-corrected chi connectivity index (χ2v) is 8.12. The van der Waals surface area contributed by atoms with Crippen molar-refractivity contribution >= 4 is 24.3 Å². The van der Waals surface area contributed by atoms with Crippen molar-refractivity contribution < 1.29 is 19.4 Å². The van der Waals surface area contributed by atoms with E-state index in [9.17, 15) is 14.7 Å². The molecule has 1 amide bonds. The quantitative estimate of drug-likeness (QED) is 0.332. The number of aliphatic carboxylic acids is 1. The van der Waals surface area contributed by atoms with Crippen LogP contribution in [0.25, 0.3) is 0 Å². The van der Waals surface area contributed by atoms with Gasteiger partial charge in [0.25, 0.3) is 0 Å². The monoisotopic (exact) mass is 454 g/mol. The van der Waals surface area contributed by atoms with Crippen LogP contribution in [0.4, 0.5) is 0 Å². The first kappa shape index (κ1) is 28.9. The number of carbonyl (C=O) groups excluding carboxylic acids is 1. The van der Waals surface area contributed by atoms with Crippen LogP contribution in [-0.2, 0) is 21.7 Å². The van der Waals surface area contributed by atoms with E-state index in [2.05, 4.69) is 31.3 Å². The van der Waals surface area contributed by atoms with Crippen LogP contribution >= 0.6 is 12.4 Å². The van der Waals surface area contributed by atoms with E-state index in [1.807, 2.05) is 13.0 Å². The molecular formula is C24H39ClN2O4. The summed E-state index contributed by atoms with van der Waals surface area (Å²) in [6.07, 6.45) is 7.72. The van der Waals surface area contributed by atoms with E-state index in [0.29, 0.717) is 36.7 Å². The maximum atomic E-state index is 12.1. The molecule has 0 aliphatic heterocycles. The van der Waals surface area contributed by atoms with Crippen LogP contribution in [0.5, 0.6) is 5.75 Å². The predicted molar refractivity (Wildman–Crippen MR) is 128 cm³/mol. The highest BCUT2D eigenvalue weighted by Crippen LogP contribution is 2.35. The molecule has 0 aliphatic rings. The van der Waals surface area contributed by atoms with Crippen LogP contribution in [0.3, 0.4) is 0 Å². The number of allylic oxidation sites excluding steroid dienone is 2. The summed E-state index contributed by atoms with van der Waals surface area (Å²) in [6, 6.07) is 5.43. The summed E-state index contributed by atoms with van der Waals surface area (Å²) in [5.41, 5.74) is 0.258. The number of likely N-dealkylation sites (N-methyl/N-ethyl adjacent to an activating group) is 1. The zero-order valence-electron chi connectivity index (χ0n) is 19.7. The van der Waals surface area contributed by atoms with Crippen molar-refractivity contribution in [1.29, 1.82) is 0 Å². The van der Waals surface area contributed by atoms with Gasteiger partial charge >= 0.3 is 5.97 Å². The Morgan fingerprint density at radius 3 is 2.52 bits per heavy atom. The van der Waals surface area contributed by atoms with Crippen LogP contribution in [0, 0.1) is 5.92 Å². The predicted octanol–water partition coefficient (Wildman–Crippen LogP) is 4.76. The number of hydrogen-bond acceptors (Lipinski definition) is 4. The van der Waals surface area contributed by atoms with Crippen molar-refractivity contribution in [2.24, 2.45) is 5.92 Å². The fourth-order valence-electron chi connectivity index (χ4n) is 3.25. The normalized spacial score (nSPS) is 13.2. The van der Waals surface area contributed by atoms with Crippen molar-refractivity contribution in [3.63, 3.8) is 0 Å². The standard InChI is InChI=1S/C24H38N2O4.ClH/c1-7-26(5)24(4,23(28)29)20-15-14-19(16-21(20)30-6)17-25-22(27)13-11-9-8-10-12-18(2)3;/h10,12,14-16,18H,7-9,11,13,17H2,1-6H3,(H,25,27)(H,28,29);1H/b12-10+;/t24-;/m1./s1. The number of carbonyl (C=O) groups is 2. The Balaban J connectivity index is 0.00000900. The first-order valence-corrected chi connectivity index (χ1v) is 10.7. The van der Waals surface area contributed by atoms with Gasteiger partial charge in [-0.3, -0.25) is 9.69 Å². The van der Waals surface area contributed by atoms with Crippen LogP contribution in [-0.4, -0.2) is 42.6 Å². The lowest BCUT2D eigenvalue weighted by molar-refractivity contribution is -0.150. The molecule has 1 rings (SSSR count). The lowest BCUT2D eigenvalue weighted by Gasteiger charge is -2.35. The molecule has 7 heteroatoms. The third-order valence-electron chi connectivity index (χ3n) is 5.48. The first-order valence-electron chi connectivity index (χ1n) is 10.7. The summed E-state index contributed by atoms with van der Waals surface area (Å²) in [5, 5.41) is 12.8. The van der Waals surface area contributed by atoms with Gasteiger partial charge in [0.1, 0.15) is 11.3 Å². The maximum Gasteiger partial charge on any atom is 0.328 e. The Morgan fingerprint density at radius 1 is 1.29 bits per heavy atom. The van der Waals surface area contributed by atoms with E-state index in [1.54, 1.807) is 31.0 Å². The third kappa shape index (κ3) is 8.54. The van der Waals surface area contributed by atoms with Crippen LogP contribution in [0.2, 0.25) is 0 Å². The zero-order chi connectivity index (χ0) is 22.7.